The highest BCUT2D eigenvalue weighted by Gasteiger charge is 2.24. The molecule has 0 saturated carbocycles. The molecule has 2 unspecified atom stereocenters. The van der Waals surface area contributed by atoms with Gasteiger partial charge in [0, 0.05) is 0 Å². The zero-order chi connectivity index (χ0) is 60.0. The summed E-state index contributed by atoms with van der Waals surface area (Å²) < 4.78 is 24.2. The van der Waals surface area contributed by atoms with Gasteiger partial charge in [-0.25, -0.2) is 0 Å². The van der Waals surface area contributed by atoms with E-state index in [9.17, 15) is 0 Å². The summed E-state index contributed by atoms with van der Waals surface area (Å²) in [4.78, 5) is 0. The molecule has 4 aromatic rings. The first-order valence-corrected chi connectivity index (χ1v) is 30.7. The lowest BCUT2D eigenvalue weighted by molar-refractivity contribution is 0.0979. The fourth-order valence-corrected chi connectivity index (χ4v) is 7.34. The van der Waals surface area contributed by atoms with Gasteiger partial charge in [0.1, 0.15) is 45.4 Å². The van der Waals surface area contributed by atoms with Gasteiger partial charge < -0.3 is 18.9 Å². The van der Waals surface area contributed by atoms with Crippen LogP contribution in [-0.2, 0) is 10.8 Å². The smallest absolute Gasteiger partial charge is 0.120 e. The summed E-state index contributed by atoms with van der Waals surface area (Å²) in [7, 11) is 0. The number of hydrogen-bond donors (Lipinski definition) is 0. The summed E-state index contributed by atoms with van der Waals surface area (Å²) in [5, 5.41) is 0. The van der Waals surface area contributed by atoms with Gasteiger partial charge in [-0.15, -0.1) is 0 Å². The van der Waals surface area contributed by atoms with Crippen LogP contribution in [-0.4, -0.2) is 22.4 Å². The summed E-state index contributed by atoms with van der Waals surface area (Å²) in [6, 6.07) is 34.1. The van der Waals surface area contributed by atoms with Crippen molar-refractivity contribution in [1.82, 2.24) is 0 Å². The molecule has 4 nitrogen and oxygen atoms in total. The summed E-state index contributed by atoms with van der Waals surface area (Å²) in [6.45, 7) is 64.4. The molecule has 0 radical (unpaired) electrons. The van der Waals surface area contributed by atoms with Crippen molar-refractivity contribution in [3.05, 3.63) is 119 Å². The van der Waals surface area contributed by atoms with Gasteiger partial charge in [0.25, 0.3) is 0 Å². The van der Waals surface area contributed by atoms with Gasteiger partial charge in [-0.1, -0.05) is 214 Å². The molecular weight excluding hydrogens is 929 g/mol. The highest BCUT2D eigenvalue weighted by molar-refractivity contribution is 5.35. The molecule has 0 bridgehead atoms. The molecule has 0 heterocycles. The van der Waals surface area contributed by atoms with Crippen LogP contribution in [0.5, 0.6) is 23.0 Å². The Morgan fingerprint density at radius 3 is 0.816 bits per heavy atom. The summed E-state index contributed by atoms with van der Waals surface area (Å²) in [5.74, 6) is 5.18. The first-order valence-electron chi connectivity index (χ1n) is 30.7. The van der Waals surface area contributed by atoms with E-state index >= 15 is 0 Å². The predicted octanol–water partition coefficient (Wildman–Crippen LogP) is 24.3. The van der Waals surface area contributed by atoms with Crippen molar-refractivity contribution in [2.45, 2.75) is 317 Å². The molecule has 0 aliphatic rings. The molecule has 0 fully saturated rings. The van der Waals surface area contributed by atoms with Crippen molar-refractivity contribution in [2.24, 2.45) is 0 Å². The molecule has 440 valence electrons. The molecule has 4 aromatic carbocycles. The van der Waals surface area contributed by atoms with Crippen LogP contribution in [0.4, 0.5) is 0 Å². The maximum atomic E-state index is 6.12. The van der Waals surface area contributed by atoms with Crippen molar-refractivity contribution >= 4 is 0 Å². The van der Waals surface area contributed by atoms with Gasteiger partial charge in [0.05, 0.1) is 0 Å². The van der Waals surface area contributed by atoms with E-state index in [0.29, 0.717) is 11.8 Å². The maximum Gasteiger partial charge on any atom is 0.120 e. The maximum absolute atomic E-state index is 6.12. The largest absolute Gasteiger partial charge is 0.488 e. The molecule has 0 spiro atoms. The van der Waals surface area contributed by atoms with E-state index in [1.807, 2.05) is 67.5 Å². The highest BCUT2D eigenvalue weighted by atomic mass is 16.5. The average molecular weight is 1060 g/mol. The second-order valence-corrected chi connectivity index (χ2v) is 22.9. The predicted molar refractivity (Wildman–Crippen MR) is 344 cm³/mol. The molecule has 0 aliphatic carbocycles. The summed E-state index contributed by atoms with van der Waals surface area (Å²) in [5.41, 5.74) is 5.57. The van der Waals surface area contributed by atoms with Crippen molar-refractivity contribution < 1.29 is 18.9 Å². The minimum absolute atomic E-state index is 0.0666. The van der Waals surface area contributed by atoms with Crippen LogP contribution in [0.3, 0.4) is 0 Å². The SMILES string of the molecule is CC.CC.CC.CC.CCC(C)(C)Oc1cccc(C(C)(C)CC)c1.CCC(C)c1cccc(OC(C)(C)CC)c1.CCCC(C)(C)Oc1cccc(C(C)(C)CC)c1.CCCC(C)(C)Oc1cccc(C(C)CC)c1. The van der Waals surface area contributed by atoms with Gasteiger partial charge in [-0.2, -0.15) is 0 Å². The van der Waals surface area contributed by atoms with Crippen LogP contribution < -0.4 is 18.9 Å². The molecule has 0 amide bonds. The van der Waals surface area contributed by atoms with Crippen molar-refractivity contribution in [3.63, 3.8) is 0 Å². The molecule has 0 saturated heterocycles. The fraction of sp³-hybridized carbons (Fsp3) is 0.667. The van der Waals surface area contributed by atoms with E-state index in [2.05, 4.69) is 237 Å². The van der Waals surface area contributed by atoms with E-state index in [1.165, 1.54) is 35.1 Å². The van der Waals surface area contributed by atoms with Crippen LogP contribution in [0.2, 0.25) is 0 Å². The van der Waals surface area contributed by atoms with E-state index in [1.54, 1.807) is 0 Å². The quantitative estimate of drug-likeness (QED) is 0.0786. The molecule has 4 heteroatoms. The van der Waals surface area contributed by atoms with Gasteiger partial charge in [-0.05, 0) is 200 Å². The lowest BCUT2D eigenvalue weighted by Gasteiger charge is -2.28. The Morgan fingerprint density at radius 2 is 0.579 bits per heavy atom. The molecular formula is C72H128O4. The van der Waals surface area contributed by atoms with Crippen molar-refractivity contribution in [2.75, 3.05) is 0 Å². The van der Waals surface area contributed by atoms with E-state index < -0.39 is 0 Å². The molecule has 2 atom stereocenters. The Kier molecular flexibility index (Phi) is 42.6. The van der Waals surface area contributed by atoms with Gasteiger partial charge in [0.2, 0.25) is 0 Å². The Morgan fingerprint density at radius 1 is 0.329 bits per heavy atom. The third-order valence-electron chi connectivity index (χ3n) is 14.1. The zero-order valence-corrected chi connectivity index (χ0v) is 56.1. The third kappa shape index (κ3) is 33.4. The second-order valence-electron chi connectivity index (χ2n) is 22.9. The Hall–Kier alpha value is -3.92. The first kappa shape index (κ1) is 78.6. The number of hydrogen-bond acceptors (Lipinski definition) is 4. The fourth-order valence-electron chi connectivity index (χ4n) is 7.34. The van der Waals surface area contributed by atoms with E-state index in [0.717, 1.165) is 74.4 Å². The van der Waals surface area contributed by atoms with Crippen LogP contribution in [0, 0.1) is 0 Å². The normalized spacial score (nSPS) is 12.0. The number of ether oxygens (including phenoxy) is 4. The van der Waals surface area contributed by atoms with Crippen molar-refractivity contribution in [1.29, 1.82) is 0 Å². The van der Waals surface area contributed by atoms with E-state index in [-0.39, 0.29) is 33.2 Å². The molecule has 4 rings (SSSR count). The van der Waals surface area contributed by atoms with Gasteiger partial charge in [0.15, 0.2) is 0 Å². The van der Waals surface area contributed by atoms with Crippen LogP contribution in [0.15, 0.2) is 97.1 Å². The molecule has 0 aromatic heterocycles. The molecule has 76 heavy (non-hydrogen) atoms. The van der Waals surface area contributed by atoms with Gasteiger partial charge in [-0.3, -0.25) is 0 Å². The van der Waals surface area contributed by atoms with Crippen LogP contribution in [0.25, 0.3) is 0 Å². The summed E-state index contributed by atoms with van der Waals surface area (Å²) in [6.07, 6.45) is 11.1. The second kappa shape index (κ2) is 41.2. The summed E-state index contributed by atoms with van der Waals surface area (Å²) >= 11 is 0. The Balaban J connectivity index is -0.000000435. The number of benzene rings is 4. The lowest BCUT2D eigenvalue weighted by atomic mass is 9.82. The van der Waals surface area contributed by atoms with E-state index in [4.69, 9.17) is 18.9 Å². The Labute approximate surface area is 476 Å². The zero-order valence-electron chi connectivity index (χ0n) is 56.1. The van der Waals surface area contributed by atoms with Crippen LogP contribution >= 0.6 is 0 Å². The van der Waals surface area contributed by atoms with Crippen molar-refractivity contribution in [3.8, 4) is 23.0 Å². The monoisotopic (exact) mass is 1060 g/mol. The molecule has 0 N–H and O–H groups in total. The average Bonchev–Trinajstić information content (AvgIpc) is 3.40. The topological polar surface area (TPSA) is 36.9 Å². The first-order chi connectivity index (χ1) is 35.6. The number of rotatable bonds is 22. The lowest BCUT2D eigenvalue weighted by Crippen LogP contribution is -2.28. The third-order valence-corrected chi connectivity index (χ3v) is 14.1. The minimum atomic E-state index is -0.0883. The standard InChI is InChI=1S/C17H28O.2C16H26O.C15H24O.4C2H6/c1-7-12-17(5,6)18-15-11-9-10-14(13-15)16(3,4)8-2;1-7-15(3,4)13-10-9-11-14(12-13)17-16(5,6)8-2;1-6-11-16(4,5)17-15-10-8-9-14(12-15)13(3)7-2;1-6-12(3)13-9-8-10-14(11-13)16-15(4,5)7-2;4*1-2/h9-11,13H,7-8,12H2,1-6H3;9-12H,7-8H2,1-6H3;8-10,12-13H,6-7,11H2,1-5H3;8-12H,6-7H2,1-5H3;4*1-2H3. The minimum Gasteiger partial charge on any atom is -0.488 e. The van der Waals surface area contributed by atoms with Gasteiger partial charge >= 0.3 is 0 Å². The highest BCUT2D eigenvalue weighted by Crippen LogP contribution is 2.33. The molecule has 0 aliphatic heterocycles. The Bertz CT molecular complexity index is 1980. The van der Waals surface area contributed by atoms with Crippen LogP contribution in [0.1, 0.15) is 306 Å².